The molecular weight excluding hydrogens is 1160 g/mol. The summed E-state index contributed by atoms with van der Waals surface area (Å²) in [6, 6.07) is 19.4. The maximum absolute atomic E-state index is 11.6. The van der Waals surface area contributed by atoms with Crippen molar-refractivity contribution in [1.82, 2.24) is 0 Å². The number of allylic oxidation sites excluding steroid dienone is 1. The van der Waals surface area contributed by atoms with Gasteiger partial charge in [-0.15, -0.1) is 0 Å². The van der Waals surface area contributed by atoms with Crippen molar-refractivity contribution in [3.8, 4) is 0 Å². The predicted octanol–water partition coefficient (Wildman–Crippen LogP) is 16.9. The van der Waals surface area contributed by atoms with Crippen LogP contribution in [0.15, 0.2) is 84.1 Å². The summed E-state index contributed by atoms with van der Waals surface area (Å²) in [5.74, 6) is 0.136. The lowest BCUT2D eigenvalue weighted by molar-refractivity contribution is -0.114. The van der Waals surface area contributed by atoms with Crippen LogP contribution in [0, 0.1) is 18.8 Å². The minimum absolute atomic E-state index is 0.102. The SMILES string of the molecule is CC(Cc1ccc(Cl)cc1Br)C(=O)Cl.CC1=Cc2cc(Cl)cc(Br)c2C1.CC1Cc2c(Br)cc(Cl)cc2C1=O.Cc1ccc(CBr)c(Br)c1.[Cl][Al]([Cl])[Cl]. The van der Waals surface area contributed by atoms with Crippen LogP contribution < -0.4 is 0 Å². The number of hydrogen-bond acceptors (Lipinski definition) is 2. The van der Waals surface area contributed by atoms with Gasteiger partial charge in [0, 0.05) is 55.7 Å². The molecule has 4 aromatic rings. The van der Waals surface area contributed by atoms with Crippen molar-refractivity contribution < 1.29 is 9.59 Å². The van der Waals surface area contributed by atoms with E-state index in [-0.39, 0.29) is 22.9 Å². The first-order valence-electron chi connectivity index (χ1n) is 15.8. The van der Waals surface area contributed by atoms with Crippen molar-refractivity contribution in [3.63, 3.8) is 0 Å². The molecule has 2 atom stereocenters. The lowest BCUT2D eigenvalue weighted by atomic mass is 10.0. The minimum Gasteiger partial charge on any atom is -0.294 e. The number of Topliss-reactive ketones (excluding diaryl/α,β-unsaturated/α-hetero) is 1. The molecule has 284 valence electrons. The lowest BCUT2D eigenvalue weighted by Gasteiger charge is -2.08. The van der Waals surface area contributed by atoms with E-state index in [2.05, 4.69) is 118 Å². The average Bonchev–Trinajstić information content (AvgIpc) is 3.57. The number of alkyl halides is 1. The molecule has 0 heterocycles. The number of rotatable bonds is 4. The fraction of sp³-hybridized carbons (Fsp3) is 0.263. The van der Waals surface area contributed by atoms with Gasteiger partial charge in [-0.1, -0.05) is 158 Å². The molecule has 2 unspecified atom stereocenters. The van der Waals surface area contributed by atoms with E-state index in [1.54, 1.807) is 19.1 Å². The summed E-state index contributed by atoms with van der Waals surface area (Å²) in [6.45, 7) is 7.97. The monoisotopic (exact) mass is 1190 g/mol. The second-order valence-electron chi connectivity index (χ2n) is 12.1. The molecule has 0 spiro atoms. The van der Waals surface area contributed by atoms with E-state index in [1.807, 2.05) is 37.3 Å². The third-order valence-corrected chi connectivity index (χ3v) is 12.3. The first-order chi connectivity index (χ1) is 24.7. The molecule has 53 heavy (non-hydrogen) atoms. The molecule has 2 nitrogen and oxygen atoms in total. The first-order valence-corrected chi connectivity index (χ1v) is 26.8. The van der Waals surface area contributed by atoms with E-state index in [9.17, 15) is 9.59 Å². The van der Waals surface area contributed by atoms with Crippen LogP contribution in [0.25, 0.3) is 6.08 Å². The number of fused-ring (bicyclic) bond motifs is 2. The Morgan fingerprint density at radius 1 is 0.792 bits per heavy atom. The van der Waals surface area contributed by atoms with Gasteiger partial charge in [-0.2, -0.15) is 0 Å². The van der Waals surface area contributed by atoms with Crippen molar-refractivity contribution >= 4 is 185 Å². The summed E-state index contributed by atoms with van der Waals surface area (Å²) in [5.41, 5.74) is 9.52. The van der Waals surface area contributed by atoms with Crippen molar-refractivity contribution in [2.45, 2.75) is 52.3 Å². The Balaban J connectivity index is 0.000000238. The number of halogens is 12. The molecule has 0 bridgehead atoms. The van der Waals surface area contributed by atoms with E-state index in [0.717, 1.165) is 53.3 Å². The van der Waals surface area contributed by atoms with Crippen LogP contribution in [-0.4, -0.2) is 22.4 Å². The maximum atomic E-state index is 11.6. The van der Waals surface area contributed by atoms with Gasteiger partial charge in [-0.05, 0) is 121 Å². The number of carbonyl (C=O) groups is 2. The lowest BCUT2D eigenvalue weighted by Crippen LogP contribution is -2.07. The molecular formula is C38H33AlBr5Cl7O2. The Bertz CT molecular complexity index is 1940. The van der Waals surface area contributed by atoms with E-state index in [0.29, 0.717) is 16.5 Å². The van der Waals surface area contributed by atoms with Gasteiger partial charge < -0.3 is 0 Å². The van der Waals surface area contributed by atoms with E-state index >= 15 is 0 Å². The highest BCUT2D eigenvalue weighted by atomic mass is 79.9. The molecule has 0 aromatic heterocycles. The van der Waals surface area contributed by atoms with Crippen LogP contribution in [0.1, 0.15) is 64.5 Å². The van der Waals surface area contributed by atoms with Crippen LogP contribution in [0.2, 0.25) is 15.1 Å². The van der Waals surface area contributed by atoms with Gasteiger partial charge in [0.2, 0.25) is 5.24 Å². The molecule has 2 aliphatic rings. The van der Waals surface area contributed by atoms with Gasteiger partial charge in [-0.25, -0.2) is 30.1 Å². The standard InChI is InChI=1S/C10H9BrCl2O.C10H8BrClO.C10H8BrCl.C8H8Br2.Al.3ClH/c1-6(10(13)14)4-7-2-3-8(12)5-9(7)11;1-5-2-7-8(10(5)13)3-6(12)4-9(7)11;1-6-2-7-4-8(12)5-10(11)9(7)3-6;1-6-2-3-7(5-9)8(10)4-6;;;;/h2-3,5-6H,4H2,1H3;3-5H,2H2,1H3;2,4-5H,3H2,1H3;2-4H,5H2,1H3;;3*1H/q;;;;+3;;;/p-3. The normalized spacial score (nSPS) is 14.0. The van der Waals surface area contributed by atoms with Crippen molar-refractivity contribution in [3.05, 3.63) is 138 Å². The Morgan fingerprint density at radius 2 is 1.32 bits per heavy atom. The maximum Gasteiger partial charge on any atom is 0.643 e. The summed E-state index contributed by atoms with van der Waals surface area (Å²) in [7, 11) is 14.8. The summed E-state index contributed by atoms with van der Waals surface area (Å²) >= 11 is 38.4. The number of hydrogen-bond donors (Lipinski definition) is 0. The Morgan fingerprint density at radius 3 is 1.87 bits per heavy atom. The largest absolute Gasteiger partial charge is 0.643 e. The number of carbonyl (C=O) groups excluding carboxylic acids is 2. The fourth-order valence-corrected chi connectivity index (χ4v) is 9.45. The highest BCUT2D eigenvalue weighted by molar-refractivity contribution is 9.11. The third kappa shape index (κ3) is 17.4. The van der Waals surface area contributed by atoms with Crippen molar-refractivity contribution in [2.24, 2.45) is 11.8 Å². The van der Waals surface area contributed by atoms with Crippen LogP contribution in [0.4, 0.5) is 0 Å². The third-order valence-electron chi connectivity index (χ3n) is 7.72. The van der Waals surface area contributed by atoms with Crippen LogP contribution in [0.3, 0.4) is 0 Å². The van der Waals surface area contributed by atoms with Crippen LogP contribution in [-0.2, 0) is 29.4 Å². The zero-order chi connectivity index (χ0) is 40.2. The van der Waals surface area contributed by atoms with Crippen molar-refractivity contribution in [1.29, 1.82) is 0 Å². The van der Waals surface area contributed by atoms with Crippen LogP contribution in [0.5, 0.6) is 0 Å². The van der Waals surface area contributed by atoms with Gasteiger partial charge in [0.15, 0.2) is 5.78 Å². The Labute approximate surface area is 391 Å². The van der Waals surface area contributed by atoms with Crippen LogP contribution >= 0.6 is 156 Å². The topological polar surface area (TPSA) is 34.1 Å². The molecule has 0 aliphatic heterocycles. The molecule has 0 saturated carbocycles. The Hall–Kier alpha value is 0.922. The highest BCUT2D eigenvalue weighted by Gasteiger charge is 2.28. The fourth-order valence-electron chi connectivity index (χ4n) is 5.09. The van der Waals surface area contributed by atoms with Gasteiger partial charge in [0.1, 0.15) is 0 Å². The van der Waals surface area contributed by atoms with E-state index in [4.69, 9.17) is 76.6 Å². The average molecular weight is 1200 g/mol. The molecule has 15 heteroatoms. The number of aryl methyl sites for hydroxylation is 1. The molecule has 6 rings (SSSR count). The Kier molecular flexibility index (Phi) is 23.4. The second kappa shape index (κ2) is 24.8. The smallest absolute Gasteiger partial charge is 0.294 e. The summed E-state index contributed by atoms with van der Waals surface area (Å²) in [6.07, 6.45) is 4.69. The summed E-state index contributed by atoms with van der Waals surface area (Å²) in [4.78, 5) is 22.5. The van der Waals surface area contributed by atoms with E-state index < -0.39 is 11.4 Å². The molecule has 2 aliphatic carbocycles. The predicted molar refractivity (Wildman–Crippen MR) is 251 cm³/mol. The first kappa shape index (κ1) is 50.1. The second-order valence-corrected chi connectivity index (χ2v) is 24.2. The van der Waals surface area contributed by atoms with Gasteiger partial charge >= 0.3 is 11.4 Å². The van der Waals surface area contributed by atoms with Crippen molar-refractivity contribution in [2.75, 3.05) is 0 Å². The van der Waals surface area contributed by atoms with Gasteiger partial charge in [0.25, 0.3) is 0 Å². The number of ketones is 1. The summed E-state index contributed by atoms with van der Waals surface area (Å²) in [5, 5.41) is 2.69. The highest BCUT2D eigenvalue weighted by Crippen LogP contribution is 2.35. The molecule has 4 aromatic carbocycles. The molecule has 0 saturated heterocycles. The van der Waals surface area contributed by atoms with Gasteiger partial charge in [-0.3, -0.25) is 9.59 Å². The summed E-state index contributed by atoms with van der Waals surface area (Å²) < 4.78 is 4.17. The quantitative estimate of drug-likeness (QED) is 0.116. The molecule has 0 fully saturated rings. The zero-order valence-electron chi connectivity index (χ0n) is 28.8. The zero-order valence-corrected chi connectivity index (χ0v) is 43.1. The molecule has 0 N–H and O–H groups in total. The minimum atomic E-state index is -1.72. The molecule has 0 amide bonds. The molecule has 0 radical (unpaired) electrons. The van der Waals surface area contributed by atoms with Gasteiger partial charge in [0.05, 0.1) is 0 Å². The number of benzene rings is 4. The van der Waals surface area contributed by atoms with E-state index in [1.165, 1.54) is 32.3 Å².